The normalized spacial score (nSPS) is 12.6. The summed E-state index contributed by atoms with van der Waals surface area (Å²) in [6, 6.07) is 14.0. The molecular weight excluding hydrogens is 388 g/mol. The number of nitrogens with zero attached hydrogens (tertiary/aromatic N) is 1. The van der Waals surface area contributed by atoms with Gasteiger partial charge in [0.1, 0.15) is 13.2 Å². The van der Waals surface area contributed by atoms with E-state index in [9.17, 15) is 0 Å². The fourth-order valence-electron chi connectivity index (χ4n) is 2.50. The monoisotopic (exact) mass is 406 g/mol. The Morgan fingerprint density at radius 2 is 1.96 bits per heavy atom. The molecule has 6 heteroatoms. The lowest BCUT2D eigenvalue weighted by molar-refractivity contribution is 0.171. The lowest BCUT2D eigenvalue weighted by atomic mass is 10.2. The third-order valence-corrected chi connectivity index (χ3v) is 4.58. The molecule has 0 amide bonds. The first-order valence-electron chi connectivity index (χ1n) is 7.85. The van der Waals surface area contributed by atoms with E-state index in [1.165, 1.54) is 0 Å². The van der Waals surface area contributed by atoms with E-state index in [4.69, 9.17) is 21.7 Å². The second-order valence-corrected chi connectivity index (χ2v) is 6.74. The number of benzene rings is 2. The first kappa shape index (κ1) is 17.0. The summed E-state index contributed by atoms with van der Waals surface area (Å²) in [7, 11) is 0. The fourth-order valence-corrected chi connectivity index (χ4v) is 3.21. The predicted octanol–water partition coefficient (Wildman–Crippen LogP) is 4.44. The average Bonchev–Trinajstić information content (AvgIpc) is 2.59. The van der Waals surface area contributed by atoms with Crippen molar-refractivity contribution in [3.63, 3.8) is 0 Å². The van der Waals surface area contributed by atoms with Crippen LogP contribution < -0.4 is 14.8 Å². The summed E-state index contributed by atoms with van der Waals surface area (Å²) in [5, 5.41) is 3.99. The highest BCUT2D eigenvalue weighted by Crippen LogP contribution is 2.31. The van der Waals surface area contributed by atoms with Crippen LogP contribution in [0.15, 0.2) is 46.9 Å². The van der Waals surface area contributed by atoms with E-state index in [1.807, 2.05) is 36.4 Å². The second-order valence-electron chi connectivity index (χ2n) is 5.43. The van der Waals surface area contributed by atoms with Gasteiger partial charge in [0.2, 0.25) is 0 Å². The Hall–Kier alpha value is -1.79. The summed E-state index contributed by atoms with van der Waals surface area (Å²) in [6.45, 7) is 4.82. The lowest BCUT2D eigenvalue weighted by Gasteiger charge is -2.25. The van der Waals surface area contributed by atoms with Crippen molar-refractivity contribution in [2.45, 2.75) is 13.5 Å². The first-order chi connectivity index (χ1) is 11.7. The molecule has 0 unspecified atom stereocenters. The van der Waals surface area contributed by atoms with Gasteiger partial charge in [0.25, 0.3) is 0 Å². The van der Waals surface area contributed by atoms with Gasteiger partial charge >= 0.3 is 0 Å². The van der Waals surface area contributed by atoms with E-state index < -0.39 is 0 Å². The number of ether oxygens (including phenoxy) is 2. The quantitative estimate of drug-likeness (QED) is 0.758. The van der Waals surface area contributed by atoms with E-state index in [0.717, 1.165) is 33.8 Å². The fraction of sp³-hybridized carbons (Fsp3) is 0.278. The van der Waals surface area contributed by atoms with Gasteiger partial charge in [-0.1, -0.05) is 28.1 Å². The van der Waals surface area contributed by atoms with Crippen molar-refractivity contribution in [2.24, 2.45) is 0 Å². The summed E-state index contributed by atoms with van der Waals surface area (Å²) in [5.74, 6) is 1.61. The van der Waals surface area contributed by atoms with Crippen LogP contribution in [0.3, 0.4) is 0 Å². The van der Waals surface area contributed by atoms with Gasteiger partial charge in [0.05, 0.1) is 0 Å². The Balaban J connectivity index is 1.68. The summed E-state index contributed by atoms with van der Waals surface area (Å²) < 4.78 is 12.2. The number of hydrogen-bond donors (Lipinski definition) is 1. The van der Waals surface area contributed by atoms with Gasteiger partial charge in [-0.2, -0.15) is 0 Å². The zero-order valence-electron chi connectivity index (χ0n) is 13.4. The zero-order valence-corrected chi connectivity index (χ0v) is 15.8. The molecule has 24 heavy (non-hydrogen) atoms. The zero-order chi connectivity index (χ0) is 16.9. The summed E-state index contributed by atoms with van der Waals surface area (Å²) >= 11 is 9.04. The number of halogens is 1. The van der Waals surface area contributed by atoms with Crippen LogP contribution in [-0.2, 0) is 6.54 Å². The average molecular weight is 407 g/mol. The maximum Gasteiger partial charge on any atom is 0.173 e. The maximum absolute atomic E-state index is 5.65. The van der Waals surface area contributed by atoms with Crippen LogP contribution >= 0.6 is 28.1 Å². The molecule has 2 aromatic carbocycles. The molecule has 1 aliphatic rings. The molecule has 1 N–H and O–H groups in total. The van der Waals surface area contributed by atoms with Crippen LogP contribution in [0.25, 0.3) is 0 Å². The highest BCUT2D eigenvalue weighted by Gasteiger charge is 2.14. The van der Waals surface area contributed by atoms with Crippen molar-refractivity contribution in [1.29, 1.82) is 0 Å². The summed E-state index contributed by atoms with van der Waals surface area (Å²) in [4.78, 5) is 2.11. The number of thiocarbonyl (C=S) groups is 1. The van der Waals surface area contributed by atoms with Gasteiger partial charge in [0.15, 0.2) is 16.6 Å². The second kappa shape index (κ2) is 7.85. The molecule has 0 aliphatic carbocycles. The van der Waals surface area contributed by atoms with Crippen molar-refractivity contribution >= 4 is 38.9 Å². The van der Waals surface area contributed by atoms with Crippen molar-refractivity contribution in [1.82, 2.24) is 4.90 Å². The molecule has 126 valence electrons. The van der Waals surface area contributed by atoms with Crippen molar-refractivity contribution in [3.8, 4) is 11.5 Å². The van der Waals surface area contributed by atoms with Crippen LogP contribution in [0.2, 0.25) is 0 Å². The van der Waals surface area contributed by atoms with E-state index in [1.54, 1.807) is 0 Å². The maximum atomic E-state index is 5.65. The first-order valence-corrected chi connectivity index (χ1v) is 9.06. The summed E-state index contributed by atoms with van der Waals surface area (Å²) in [6.07, 6.45) is 0. The number of fused-ring (bicyclic) bond motifs is 1. The minimum atomic E-state index is 0.594. The van der Waals surface area contributed by atoms with Crippen molar-refractivity contribution in [2.75, 3.05) is 25.1 Å². The highest BCUT2D eigenvalue weighted by molar-refractivity contribution is 9.10. The van der Waals surface area contributed by atoms with Gasteiger partial charge in [-0.05, 0) is 55.0 Å². The molecule has 0 bridgehead atoms. The van der Waals surface area contributed by atoms with E-state index in [0.29, 0.717) is 24.9 Å². The Labute approximate surface area is 155 Å². The molecule has 0 atom stereocenters. The van der Waals surface area contributed by atoms with Gasteiger partial charge < -0.3 is 19.7 Å². The smallest absolute Gasteiger partial charge is 0.173 e. The molecular formula is C18H19BrN2O2S. The minimum Gasteiger partial charge on any atom is -0.486 e. The molecule has 0 saturated heterocycles. The van der Waals surface area contributed by atoms with E-state index >= 15 is 0 Å². The molecule has 0 saturated carbocycles. The van der Waals surface area contributed by atoms with Gasteiger partial charge in [-0.25, -0.2) is 0 Å². The van der Waals surface area contributed by atoms with Crippen LogP contribution in [0, 0.1) is 0 Å². The third-order valence-electron chi connectivity index (χ3n) is 3.72. The molecule has 0 spiro atoms. The van der Waals surface area contributed by atoms with Crippen LogP contribution in [0.5, 0.6) is 11.5 Å². The molecule has 1 aliphatic heterocycles. The minimum absolute atomic E-state index is 0.594. The van der Waals surface area contributed by atoms with Crippen LogP contribution in [0.4, 0.5) is 5.69 Å². The number of nitrogens with one attached hydrogen (secondary N) is 1. The van der Waals surface area contributed by atoms with Crippen LogP contribution in [-0.4, -0.2) is 29.8 Å². The molecule has 0 aromatic heterocycles. The molecule has 1 heterocycles. The molecule has 0 radical (unpaired) electrons. The van der Waals surface area contributed by atoms with E-state index in [-0.39, 0.29) is 0 Å². The number of hydrogen-bond acceptors (Lipinski definition) is 3. The predicted molar refractivity (Wildman–Crippen MR) is 104 cm³/mol. The Morgan fingerprint density at radius 1 is 1.17 bits per heavy atom. The van der Waals surface area contributed by atoms with Crippen molar-refractivity contribution in [3.05, 3.63) is 52.5 Å². The molecule has 3 rings (SSSR count). The summed E-state index contributed by atoms with van der Waals surface area (Å²) in [5.41, 5.74) is 2.11. The SMILES string of the molecule is CCN(Cc1ccc2c(c1)OCCO2)C(=S)Nc1cccc(Br)c1. The Morgan fingerprint density at radius 3 is 2.71 bits per heavy atom. The number of anilines is 1. The lowest BCUT2D eigenvalue weighted by Crippen LogP contribution is -2.34. The Kier molecular flexibility index (Phi) is 5.58. The topological polar surface area (TPSA) is 33.7 Å². The van der Waals surface area contributed by atoms with Gasteiger partial charge in [-0.3, -0.25) is 0 Å². The number of rotatable bonds is 4. The van der Waals surface area contributed by atoms with E-state index in [2.05, 4.69) is 39.1 Å². The van der Waals surface area contributed by atoms with Crippen molar-refractivity contribution < 1.29 is 9.47 Å². The van der Waals surface area contributed by atoms with Gasteiger partial charge in [0, 0.05) is 23.2 Å². The Bertz CT molecular complexity index is 739. The highest BCUT2D eigenvalue weighted by atomic mass is 79.9. The third kappa shape index (κ3) is 4.19. The largest absolute Gasteiger partial charge is 0.486 e. The molecule has 2 aromatic rings. The molecule has 0 fully saturated rings. The van der Waals surface area contributed by atoms with Crippen LogP contribution in [0.1, 0.15) is 12.5 Å². The van der Waals surface area contributed by atoms with Gasteiger partial charge in [-0.15, -0.1) is 0 Å². The standard InChI is InChI=1S/C18H19BrN2O2S/c1-2-21(18(24)20-15-5-3-4-14(19)11-15)12-13-6-7-16-17(10-13)23-9-8-22-16/h3-7,10-11H,2,8-9,12H2,1H3,(H,20,24). The molecule has 4 nitrogen and oxygen atoms in total.